The van der Waals surface area contributed by atoms with E-state index in [2.05, 4.69) is 20.9 Å². The number of imidazole rings is 1. The van der Waals surface area contributed by atoms with Crippen molar-refractivity contribution in [2.45, 2.75) is 13.0 Å². The van der Waals surface area contributed by atoms with Crippen molar-refractivity contribution in [3.8, 4) is 5.69 Å². The number of benzene rings is 1. The Morgan fingerprint density at radius 2 is 2.27 bits per heavy atom. The summed E-state index contributed by atoms with van der Waals surface area (Å²) >= 11 is 3.52. The Hall–Kier alpha value is -1.13. The number of aromatic nitrogens is 2. The van der Waals surface area contributed by atoms with Crippen molar-refractivity contribution in [1.82, 2.24) is 9.55 Å². The van der Waals surface area contributed by atoms with Crippen LogP contribution in [0.1, 0.15) is 18.5 Å². The summed E-state index contributed by atoms with van der Waals surface area (Å²) in [5, 5.41) is 0. The quantitative estimate of drug-likeness (QED) is 0.908. The maximum absolute atomic E-state index is 5.83. The maximum Gasteiger partial charge on any atom is 0.0991 e. The lowest BCUT2D eigenvalue weighted by Crippen LogP contribution is -2.06. The SMILES string of the molecule is C[C@@H](N)c1ccc(-n2ccnc2)cc1Br. The summed E-state index contributed by atoms with van der Waals surface area (Å²) < 4.78 is 2.99. The second kappa shape index (κ2) is 4.16. The number of rotatable bonds is 2. The van der Waals surface area contributed by atoms with Crippen LogP contribution in [0.5, 0.6) is 0 Å². The van der Waals surface area contributed by atoms with Crippen LogP contribution in [0.2, 0.25) is 0 Å². The van der Waals surface area contributed by atoms with Crippen molar-refractivity contribution >= 4 is 15.9 Å². The van der Waals surface area contributed by atoms with Crippen LogP contribution in [-0.2, 0) is 0 Å². The summed E-state index contributed by atoms with van der Waals surface area (Å²) in [6.45, 7) is 1.97. The molecular weight excluding hydrogens is 254 g/mol. The van der Waals surface area contributed by atoms with Crippen LogP contribution in [0.3, 0.4) is 0 Å². The largest absolute Gasteiger partial charge is 0.324 e. The van der Waals surface area contributed by atoms with E-state index in [1.54, 1.807) is 12.5 Å². The molecule has 1 atom stereocenters. The van der Waals surface area contributed by atoms with Gasteiger partial charge in [0.2, 0.25) is 0 Å². The Morgan fingerprint density at radius 3 is 2.80 bits per heavy atom. The van der Waals surface area contributed by atoms with E-state index < -0.39 is 0 Å². The number of hydrogen-bond donors (Lipinski definition) is 1. The average Bonchev–Trinajstić information content (AvgIpc) is 2.69. The van der Waals surface area contributed by atoms with Gasteiger partial charge < -0.3 is 10.3 Å². The zero-order valence-corrected chi connectivity index (χ0v) is 9.98. The van der Waals surface area contributed by atoms with E-state index in [9.17, 15) is 0 Å². The van der Waals surface area contributed by atoms with Crippen LogP contribution in [-0.4, -0.2) is 9.55 Å². The first-order valence-corrected chi connectivity index (χ1v) is 5.51. The molecule has 0 spiro atoms. The molecule has 2 rings (SSSR count). The summed E-state index contributed by atoms with van der Waals surface area (Å²) in [5.41, 5.74) is 8.02. The Labute approximate surface area is 97.1 Å². The number of halogens is 1. The van der Waals surface area contributed by atoms with Gasteiger partial charge in [-0.3, -0.25) is 0 Å². The zero-order chi connectivity index (χ0) is 10.8. The van der Waals surface area contributed by atoms with E-state index in [1.165, 1.54) is 0 Å². The molecule has 3 nitrogen and oxygen atoms in total. The Morgan fingerprint density at radius 1 is 1.47 bits per heavy atom. The molecule has 0 amide bonds. The number of nitrogens with zero attached hydrogens (tertiary/aromatic N) is 2. The molecule has 0 aliphatic heterocycles. The fourth-order valence-electron chi connectivity index (χ4n) is 1.46. The lowest BCUT2D eigenvalue weighted by molar-refractivity contribution is 0.812. The zero-order valence-electron chi connectivity index (χ0n) is 8.39. The maximum atomic E-state index is 5.83. The Balaban J connectivity index is 2.42. The molecule has 2 N–H and O–H groups in total. The third-order valence-corrected chi connectivity index (χ3v) is 2.96. The molecule has 2 aromatic rings. The van der Waals surface area contributed by atoms with E-state index >= 15 is 0 Å². The summed E-state index contributed by atoms with van der Waals surface area (Å²) in [4.78, 5) is 4.01. The van der Waals surface area contributed by atoms with E-state index in [-0.39, 0.29) is 6.04 Å². The first-order chi connectivity index (χ1) is 7.18. The highest BCUT2D eigenvalue weighted by Crippen LogP contribution is 2.24. The minimum atomic E-state index is 0.0382. The van der Waals surface area contributed by atoms with Gasteiger partial charge in [0.1, 0.15) is 0 Å². The summed E-state index contributed by atoms with van der Waals surface area (Å²) in [7, 11) is 0. The molecule has 0 aliphatic carbocycles. The van der Waals surface area contributed by atoms with Gasteiger partial charge in [0, 0.05) is 28.6 Å². The van der Waals surface area contributed by atoms with Crippen LogP contribution in [0.4, 0.5) is 0 Å². The van der Waals surface area contributed by atoms with Crippen LogP contribution in [0, 0.1) is 0 Å². The molecule has 0 aliphatic rings. The van der Waals surface area contributed by atoms with Crippen molar-refractivity contribution in [3.63, 3.8) is 0 Å². The summed E-state index contributed by atoms with van der Waals surface area (Å²) in [5.74, 6) is 0. The van der Waals surface area contributed by atoms with Crippen LogP contribution >= 0.6 is 15.9 Å². The molecule has 0 bridgehead atoms. The third kappa shape index (κ3) is 2.11. The highest BCUT2D eigenvalue weighted by Gasteiger charge is 2.05. The van der Waals surface area contributed by atoms with Crippen LogP contribution in [0.25, 0.3) is 5.69 Å². The highest BCUT2D eigenvalue weighted by atomic mass is 79.9. The van der Waals surface area contributed by atoms with Crippen LogP contribution < -0.4 is 5.73 Å². The lowest BCUT2D eigenvalue weighted by Gasteiger charge is -2.10. The van der Waals surface area contributed by atoms with E-state index in [0.29, 0.717) is 0 Å². The Kier molecular flexibility index (Phi) is 2.88. The minimum Gasteiger partial charge on any atom is -0.324 e. The predicted molar refractivity (Wildman–Crippen MR) is 63.9 cm³/mol. The molecule has 0 radical (unpaired) electrons. The van der Waals surface area contributed by atoms with Gasteiger partial charge in [-0.15, -0.1) is 0 Å². The molecule has 1 aromatic carbocycles. The molecule has 0 fully saturated rings. The summed E-state index contributed by atoms with van der Waals surface area (Å²) in [6.07, 6.45) is 5.44. The second-order valence-electron chi connectivity index (χ2n) is 3.46. The van der Waals surface area contributed by atoms with Gasteiger partial charge >= 0.3 is 0 Å². The van der Waals surface area contributed by atoms with Gasteiger partial charge in [-0.25, -0.2) is 4.98 Å². The van der Waals surface area contributed by atoms with Crippen molar-refractivity contribution in [3.05, 3.63) is 47.0 Å². The lowest BCUT2D eigenvalue weighted by atomic mass is 10.1. The van der Waals surface area contributed by atoms with Gasteiger partial charge in [0.25, 0.3) is 0 Å². The molecule has 0 unspecified atom stereocenters. The number of hydrogen-bond acceptors (Lipinski definition) is 2. The highest BCUT2D eigenvalue weighted by molar-refractivity contribution is 9.10. The standard InChI is InChI=1S/C11H12BrN3/c1-8(13)10-3-2-9(6-11(10)12)15-5-4-14-7-15/h2-8H,13H2,1H3/t8-/m1/s1. The van der Waals surface area contributed by atoms with Gasteiger partial charge in [0.05, 0.1) is 6.33 Å². The minimum absolute atomic E-state index is 0.0382. The van der Waals surface area contributed by atoms with Crippen molar-refractivity contribution in [2.24, 2.45) is 5.73 Å². The van der Waals surface area contributed by atoms with Crippen molar-refractivity contribution in [2.75, 3.05) is 0 Å². The molecule has 4 heteroatoms. The van der Waals surface area contributed by atoms with E-state index in [4.69, 9.17) is 5.73 Å². The van der Waals surface area contributed by atoms with E-state index in [1.807, 2.05) is 35.9 Å². The van der Waals surface area contributed by atoms with Crippen molar-refractivity contribution < 1.29 is 0 Å². The first-order valence-electron chi connectivity index (χ1n) is 4.72. The molecular formula is C11H12BrN3. The fraction of sp³-hybridized carbons (Fsp3) is 0.182. The first kappa shape index (κ1) is 10.4. The van der Waals surface area contributed by atoms with Gasteiger partial charge in [-0.2, -0.15) is 0 Å². The Bertz CT molecular complexity index is 449. The molecule has 1 aromatic heterocycles. The molecule has 0 saturated carbocycles. The molecule has 78 valence electrons. The normalized spacial score (nSPS) is 12.7. The number of nitrogens with two attached hydrogens (primary N) is 1. The fourth-order valence-corrected chi connectivity index (χ4v) is 2.19. The molecule has 0 saturated heterocycles. The topological polar surface area (TPSA) is 43.8 Å². The van der Waals surface area contributed by atoms with Crippen molar-refractivity contribution in [1.29, 1.82) is 0 Å². The summed E-state index contributed by atoms with van der Waals surface area (Å²) in [6, 6.07) is 6.14. The smallest absolute Gasteiger partial charge is 0.0991 e. The monoisotopic (exact) mass is 265 g/mol. The molecule has 15 heavy (non-hydrogen) atoms. The van der Waals surface area contributed by atoms with Gasteiger partial charge in [-0.05, 0) is 24.6 Å². The van der Waals surface area contributed by atoms with E-state index in [0.717, 1.165) is 15.7 Å². The average molecular weight is 266 g/mol. The second-order valence-corrected chi connectivity index (χ2v) is 4.32. The van der Waals surface area contributed by atoms with Crippen LogP contribution in [0.15, 0.2) is 41.4 Å². The van der Waals surface area contributed by atoms with Gasteiger partial charge in [0.15, 0.2) is 0 Å². The molecule has 1 heterocycles. The third-order valence-electron chi connectivity index (χ3n) is 2.28. The predicted octanol–water partition coefficient (Wildman–Crippen LogP) is 2.65. The van der Waals surface area contributed by atoms with Gasteiger partial charge in [-0.1, -0.05) is 22.0 Å².